The Morgan fingerprint density at radius 1 is 0.955 bits per heavy atom. The van der Waals surface area contributed by atoms with Crippen LogP contribution in [0.4, 0.5) is 0 Å². The van der Waals surface area contributed by atoms with E-state index in [1.165, 1.54) is 0 Å². The fourth-order valence-electron chi connectivity index (χ4n) is 2.77. The lowest BCUT2D eigenvalue weighted by molar-refractivity contribution is -0.142. The number of carboxylic acids is 1. The Bertz CT molecular complexity index is 620. The van der Waals surface area contributed by atoms with Gasteiger partial charge in [0.25, 0.3) is 0 Å². The van der Waals surface area contributed by atoms with Crippen molar-refractivity contribution in [2.24, 2.45) is 5.92 Å². The number of hydrogen-bond acceptors (Lipinski definition) is 2. The zero-order valence-electron chi connectivity index (χ0n) is 12.6. The van der Waals surface area contributed by atoms with Gasteiger partial charge < -0.3 is 5.11 Å². The van der Waals surface area contributed by atoms with Crippen molar-refractivity contribution in [2.75, 3.05) is 0 Å². The average molecular weight is 296 g/mol. The molecule has 2 aromatic rings. The smallest absolute Gasteiger partial charge is 0.307 e. The predicted molar refractivity (Wildman–Crippen MR) is 86.0 cm³/mol. The van der Waals surface area contributed by atoms with Gasteiger partial charge in [-0.2, -0.15) is 0 Å². The number of carbonyl (C=O) groups excluding carboxylic acids is 1. The van der Waals surface area contributed by atoms with Gasteiger partial charge in [-0.05, 0) is 12.0 Å². The van der Waals surface area contributed by atoms with Gasteiger partial charge in [-0.25, -0.2) is 0 Å². The number of benzene rings is 2. The molecular formula is C19H20O3. The standard InChI is InChI=1S/C19H20O3/c1-2-16(19(21)22)17(14-9-5-3-6-10-14)13-18(20)15-11-7-4-8-12-15/h3-12,16-17H,2,13H2,1H3,(H,21,22). The number of aliphatic carboxylic acids is 1. The highest BCUT2D eigenvalue weighted by atomic mass is 16.4. The molecule has 1 N–H and O–H groups in total. The fraction of sp³-hybridized carbons (Fsp3) is 0.263. The van der Waals surface area contributed by atoms with E-state index in [2.05, 4.69) is 0 Å². The van der Waals surface area contributed by atoms with E-state index in [0.29, 0.717) is 12.0 Å². The third-order valence-electron chi connectivity index (χ3n) is 3.97. The summed E-state index contributed by atoms with van der Waals surface area (Å²) in [4.78, 5) is 24.0. The predicted octanol–water partition coefficient (Wildman–Crippen LogP) is 4.15. The van der Waals surface area contributed by atoms with Gasteiger partial charge in [-0.15, -0.1) is 0 Å². The zero-order valence-corrected chi connectivity index (χ0v) is 12.6. The quantitative estimate of drug-likeness (QED) is 0.781. The molecule has 3 heteroatoms. The van der Waals surface area contributed by atoms with Crippen LogP contribution < -0.4 is 0 Å². The number of carbonyl (C=O) groups is 2. The first-order valence-corrected chi connectivity index (χ1v) is 7.49. The van der Waals surface area contributed by atoms with Crippen LogP contribution in [0.5, 0.6) is 0 Å². The maximum Gasteiger partial charge on any atom is 0.307 e. The van der Waals surface area contributed by atoms with Crippen molar-refractivity contribution in [1.29, 1.82) is 0 Å². The van der Waals surface area contributed by atoms with E-state index in [0.717, 1.165) is 5.56 Å². The van der Waals surface area contributed by atoms with E-state index in [1.807, 2.05) is 55.5 Å². The minimum atomic E-state index is -0.850. The molecule has 2 atom stereocenters. The van der Waals surface area contributed by atoms with Crippen molar-refractivity contribution in [3.05, 3.63) is 71.8 Å². The minimum absolute atomic E-state index is 0.0193. The lowest BCUT2D eigenvalue weighted by Gasteiger charge is -2.23. The van der Waals surface area contributed by atoms with Crippen LogP contribution in [0.2, 0.25) is 0 Å². The largest absolute Gasteiger partial charge is 0.481 e. The summed E-state index contributed by atoms with van der Waals surface area (Å²) in [5.41, 5.74) is 1.53. The molecule has 114 valence electrons. The first-order chi connectivity index (χ1) is 10.6. The molecule has 0 spiro atoms. The van der Waals surface area contributed by atoms with E-state index in [1.54, 1.807) is 12.1 Å². The normalized spacial score (nSPS) is 13.3. The Labute approximate surface area is 130 Å². The molecule has 2 aromatic carbocycles. The van der Waals surface area contributed by atoms with Crippen molar-refractivity contribution in [1.82, 2.24) is 0 Å². The molecule has 22 heavy (non-hydrogen) atoms. The highest BCUT2D eigenvalue weighted by Crippen LogP contribution is 2.32. The van der Waals surface area contributed by atoms with Crippen LogP contribution in [0, 0.1) is 5.92 Å². The van der Waals surface area contributed by atoms with Crippen LogP contribution in [0.15, 0.2) is 60.7 Å². The second-order valence-electron chi connectivity index (χ2n) is 5.36. The summed E-state index contributed by atoms with van der Waals surface area (Å²) in [5.74, 6) is -1.74. The Balaban J connectivity index is 2.29. The Morgan fingerprint density at radius 3 is 2.00 bits per heavy atom. The molecule has 0 saturated carbocycles. The third kappa shape index (κ3) is 3.82. The maximum absolute atomic E-state index is 12.5. The summed E-state index contributed by atoms with van der Waals surface area (Å²) in [6, 6.07) is 18.5. The van der Waals surface area contributed by atoms with Crippen molar-refractivity contribution in [2.45, 2.75) is 25.7 Å². The molecule has 0 aromatic heterocycles. The van der Waals surface area contributed by atoms with E-state index < -0.39 is 11.9 Å². The Kier molecular flexibility index (Phi) is 5.48. The highest BCUT2D eigenvalue weighted by Gasteiger charge is 2.29. The highest BCUT2D eigenvalue weighted by molar-refractivity contribution is 5.96. The number of rotatable bonds is 7. The van der Waals surface area contributed by atoms with Crippen molar-refractivity contribution in [3.8, 4) is 0 Å². The maximum atomic E-state index is 12.5. The second kappa shape index (κ2) is 7.55. The van der Waals surface area contributed by atoms with E-state index in [9.17, 15) is 14.7 Å². The molecule has 0 radical (unpaired) electrons. The topological polar surface area (TPSA) is 54.4 Å². The molecule has 2 unspecified atom stereocenters. The van der Waals surface area contributed by atoms with Gasteiger partial charge in [0, 0.05) is 17.9 Å². The lowest BCUT2D eigenvalue weighted by atomic mass is 9.80. The van der Waals surface area contributed by atoms with Gasteiger partial charge in [0.1, 0.15) is 0 Å². The monoisotopic (exact) mass is 296 g/mol. The van der Waals surface area contributed by atoms with Crippen LogP contribution in [-0.4, -0.2) is 16.9 Å². The molecule has 0 bridgehead atoms. The molecule has 0 saturated heterocycles. The summed E-state index contributed by atoms with van der Waals surface area (Å²) in [7, 11) is 0. The number of ketones is 1. The molecule has 0 aliphatic heterocycles. The molecule has 2 rings (SSSR count). The van der Waals surface area contributed by atoms with Gasteiger partial charge in [-0.3, -0.25) is 9.59 Å². The molecule has 0 aliphatic rings. The van der Waals surface area contributed by atoms with Crippen LogP contribution in [0.25, 0.3) is 0 Å². The van der Waals surface area contributed by atoms with Gasteiger partial charge >= 0.3 is 5.97 Å². The van der Waals surface area contributed by atoms with Crippen LogP contribution in [0.3, 0.4) is 0 Å². The SMILES string of the molecule is CCC(C(=O)O)C(CC(=O)c1ccccc1)c1ccccc1. The van der Waals surface area contributed by atoms with E-state index >= 15 is 0 Å². The summed E-state index contributed by atoms with van der Waals surface area (Å²) in [6.45, 7) is 1.85. The first-order valence-electron chi connectivity index (χ1n) is 7.49. The molecule has 0 fully saturated rings. The third-order valence-corrected chi connectivity index (χ3v) is 3.97. The number of carboxylic acid groups (broad SMARTS) is 1. The Hall–Kier alpha value is -2.42. The van der Waals surface area contributed by atoms with E-state index in [-0.39, 0.29) is 18.1 Å². The number of hydrogen-bond donors (Lipinski definition) is 1. The van der Waals surface area contributed by atoms with Crippen LogP contribution in [-0.2, 0) is 4.79 Å². The molecular weight excluding hydrogens is 276 g/mol. The number of Topliss-reactive ketones (excluding diaryl/α,β-unsaturated/α-hetero) is 1. The Morgan fingerprint density at radius 2 is 1.50 bits per heavy atom. The lowest BCUT2D eigenvalue weighted by Crippen LogP contribution is -2.24. The summed E-state index contributed by atoms with van der Waals surface area (Å²) >= 11 is 0. The minimum Gasteiger partial charge on any atom is -0.481 e. The first kappa shape index (κ1) is 16.0. The zero-order chi connectivity index (χ0) is 15.9. The average Bonchev–Trinajstić information content (AvgIpc) is 2.55. The van der Waals surface area contributed by atoms with Crippen molar-refractivity contribution in [3.63, 3.8) is 0 Å². The van der Waals surface area contributed by atoms with Crippen molar-refractivity contribution < 1.29 is 14.7 Å². The summed E-state index contributed by atoms with van der Waals surface area (Å²) < 4.78 is 0. The van der Waals surface area contributed by atoms with Crippen LogP contribution >= 0.6 is 0 Å². The molecule has 0 amide bonds. The molecule has 0 aliphatic carbocycles. The van der Waals surface area contributed by atoms with Gasteiger partial charge in [0.2, 0.25) is 0 Å². The molecule has 0 heterocycles. The molecule has 3 nitrogen and oxygen atoms in total. The van der Waals surface area contributed by atoms with E-state index in [4.69, 9.17) is 0 Å². The van der Waals surface area contributed by atoms with Gasteiger partial charge in [0.15, 0.2) is 5.78 Å². The van der Waals surface area contributed by atoms with Crippen LogP contribution in [0.1, 0.15) is 41.6 Å². The summed E-state index contributed by atoms with van der Waals surface area (Å²) in [5, 5.41) is 9.48. The summed E-state index contributed by atoms with van der Waals surface area (Å²) in [6.07, 6.45) is 0.704. The second-order valence-corrected chi connectivity index (χ2v) is 5.36. The van der Waals surface area contributed by atoms with Gasteiger partial charge in [0.05, 0.1) is 5.92 Å². The van der Waals surface area contributed by atoms with Crippen molar-refractivity contribution >= 4 is 11.8 Å². The fourth-order valence-corrected chi connectivity index (χ4v) is 2.77. The van der Waals surface area contributed by atoms with Gasteiger partial charge in [-0.1, -0.05) is 67.6 Å².